The minimum Gasteiger partial charge on any atom is -0.465 e. The van der Waals surface area contributed by atoms with Crippen LogP contribution in [-0.4, -0.2) is 21.8 Å². The maximum Gasteiger partial charge on any atom is 0.274 e. The molecule has 2 N–H and O–H groups in total. The zero-order valence-corrected chi connectivity index (χ0v) is 14.0. The van der Waals surface area contributed by atoms with E-state index in [9.17, 15) is 14.9 Å². The minimum absolute atomic E-state index is 0.104. The Bertz CT molecular complexity index is 752. The van der Waals surface area contributed by atoms with Crippen molar-refractivity contribution in [2.45, 2.75) is 39.9 Å². The Hall–Kier alpha value is -2.67. The highest BCUT2D eigenvalue weighted by Crippen LogP contribution is 2.24. The fourth-order valence-corrected chi connectivity index (χ4v) is 2.43. The number of benzene rings is 1. The average Bonchev–Trinajstić information content (AvgIpc) is 2.91. The molecule has 0 fully saturated rings. The molecule has 0 aliphatic heterocycles. The fraction of sp³-hybridized carbons (Fsp3) is 0.353. The first-order chi connectivity index (χ1) is 11.3. The largest absolute Gasteiger partial charge is 0.465 e. The highest BCUT2D eigenvalue weighted by atomic mass is 16.6. The zero-order valence-electron chi connectivity index (χ0n) is 14.0. The van der Waals surface area contributed by atoms with Gasteiger partial charge in [-0.1, -0.05) is 6.07 Å². The summed E-state index contributed by atoms with van der Waals surface area (Å²) in [4.78, 5) is 24.1. The number of primary amides is 1. The molecule has 0 saturated heterocycles. The summed E-state index contributed by atoms with van der Waals surface area (Å²) >= 11 is 0. The number of amides is 1. The molecule has 0 aliphatic carbocycles. The van der Waals surface area contributed by atoms with E-state index in [0.717, 1.165) is 11.5 Å². The first kappa shape index (κ1) is 17.7. The van der Waals surface area contributed by atoms with E-state index in [1.54, 1.807) is 6.07 Å². The highest BCUT2D eigenvalue weighted by Gasteiger charge is 2.21. The van der Waals surface area contributed by atoms with Crippen LogP contribution in [0.3, 0.4) is 0 Å². The minimum atomic E-state index is -0.684. The van der Waals surface area contributed by atoms with E-state index in [-0.39, 0.29) is 17.3 Å². The van der Waals surface area contributed by atoms with Crippen LogP contribution in [-0.2, 0) is 13.1 Å². The summed E-state index contributed by atoms with van der Waals surface area (Å²) in [7, 11) is 0. The Kier molecular flexibility index (Phi) is 5.35. The van der Waals surface area contributed by atoms with Gasteiger partial charge in [-0.25, -0.2) is 0 Å². The lowest BCUT2D eigenvalue weighted by Gasteiger charge is -2.25. The van der Waals surface area contributed by atoms with Gasteiger partial charge in [0.25, 0.3) is 5.69 Å². The summed E-state index contributed by atoms with van der Waals surface area (Å²) < 4.78 is 5.59. The second-order valence-corrected chi connectivity index (χ2v) is 5.98. The van der Waals surface area contributed by atoms with E-state index in [2.05, 4.69) is 4.90 Å². The van der Waals surface area contributed by atoms with Crippen molar-refractivity contribution < 1.29 is 14.1 Å². The number of furan rings is 1. The normalized spacial score (nSPS) is 11.2. The van der Waals surface area contributed by atoms with Crippen LogP contribution in [0.4, 0.5) is 5.69 Å². The number of nitro benzene ring substituents is 1. The van der Waals surface area contributed by atoms with Crippen LogP contribution in [0.2, 0.25) is 0 Å². The first-order valence-corrected chi connectivity index (χ1v) is 7.64. The van der Waals surface area contributed by atoms with Crippen LogP contribution in [0.25, 0.3) is 0 Å². The van der Waals surface area contributed by atoms with Crippen molar-refractivity contribution in [3.8, 4) is 0 Å². The predicted octanol–water partition coefficient (Wildman–Crippen LogP) is 3.01. The smallest absolute Gasteiger partial charge is 0.274 e. The lowest BCUT2D eigenvalue weighted by molar-refractivity contribution is -0.385. The van der Waals surface area contributed by atoms with Crippen LogP contribution in [0.5, 0.6) is 0 Å². The van der Waals surface area contributed by atoms with Gasteiger partial charge >= 0.3 is 0 Å². The van der Waals surface area contributed by atoms with Gasteiger partial charge in [-0.2, -0.15) is 0 Å². The number of hydrogen-bond donors (Lipinski definition) is 1. The van der Waals surface area contributed by atoms with Crippen LogP contribution < -0.4 is 5.73 Å². The third-order valence-electron chi connectivity index (χ3n) is 3.83. The van der Waals surface area contributed by atoms with Crippen LogP contribution in [0.15, 0.2) is 34.7 Å². The van der Waals surface area contributed by atoms with Crippen molar-refractivity contribution in [2.24, 2.45) is 5.73 Å². The van der Waals surface area contributed by atoms with Crippen molar-refractivity contribution in [3.63, 3.8) is 0 Å². The number of nitrogens with two attached hydrogens (primary N) is 1. The van der Waals surface area contributed by atoms with Crippen molar-refractivity contribution in [1.82, 2.24) is 4.90 Å². The summed E-state index contributed by atoms with van der Waals surface area (Å²) in [6.45, 7) is 6.81. The molecule has 7 heteroatoms. The fourth-order valence-electron chi connectivity index (χ4n) is 2.43. The molecular formula is C17H21N3O4. The second kappa shape index (κ2) is 7.27. The van der Waals surface area contributed by atoms with Crippen molar-refractivity contribution >= 4 is 11.6 Å². The quantitative estimate of drug-likeness (QED) is 0.620. The van der Waals surface area contributed by atoms with Crippen molar-refractivity contribution in [3.05, 3.63) is 63.1 Å². The Balaban J connectivity index is 2.28. The molecule has 1 heterocycles. The number of rotatable bonds is 7. The number of hydrogen-bond acceptors (Lipinski definition) is 5. The highest BCUT2D eigenvalue weighted by molar-refractivity contribution is 5.93. The Labute approximate surface area is 140 Å². The maximum absolute atomic E-state index is 11.3. The molecule has 0 unspecified atom stereocenters. The molecule has 1 amide bonds. The molecule has 0 aliphatic rings. The number of carbonyl (C=O) groups is 1. The summed E-state index contributed by atoms with van der Waals surface area (Å²) in [5, 5.41) is 11.3. The molecule has 1 aromatic carbocycles. The number of aryl methyl sites for hydroxylation is 1. The summed E-state index contributed by atoms with van der Waals surface area (Å²) in [6.07, 6.45) is 0. The Morgan fingerprint density at radius 1 is 1.29 bits per heavy atom. The maximum atomic E-state index is 11.3. The summed E-state index contributed by atoms with van der Waals surface area (Å²) in [6, 6.07) is 8.27. The van der Waals surface area contributed by atoms with Gasteiger partial charge in [0.15, 0.2) is 0 Å². The van der Waals surface area contributed by atoms with E-state index < -0.39 is 10.8 Å². The molecule has 2 rings (SSSR count). The van der Waals surface area contributed by atoms with E-state index in [0.29, 0.717) is 18.7 Å². The van der Waals surface area contributed by atoms with Crippen molar-refractivity contribution in [2.75, 3.05) is 0 Å². The Morgan fingerprint density at radius 2 is 2.00 bits per heavy atom. The molecule has 0 bridgehead atoms. The van der Waals surface area contributed by atoms with Gasteiger partial charge < -0.3 is 10.2 Å². The van der Waals surface area contributed by atoms with Gasteiger partial charge in [0.05, 0.1) is 11.5 Å². The molecule has 1 aromatic heterocycles. The number of nitro groups is 1. The zero-order chi connectivity index (χ0) is 17.9. The average molecular weight is 331 g/mol. The SMILES string of the molecule is Cc1ccc(CN(Cc2ccc(C(N)=O)cc2[N+](=O)[O-])C(C)C)o1. The van der Waals surface area contributed by atoms with Crippen LogP contribution in [0.1, 0.15) is 41.3 Å². The molecule has 0 atom stereocenters. The molecule has 2 aromatic rings. The van der Waals surface area contributed by atoms with E-state index >= 15 is 0 Å². The van der Waals surface area contributed by atoms with Crippen molar-refractivity contribution in [1.29, 1.82) is 0 Å². The number of nitrogens with zero attached hydrogens (tertiary/aromatic N) is 2. The molecule has 24 heavy (non-hydrogen) atoms. The molecule has 0 radical (unpaired) electrons. The second-order valence-electron chi connectivity index (χ2n) is 5.98. The van der Waals surface area contributed by atoms with Gasteiger partial charge in [0, 0.05) is 29.8 Å². The van der Waals surface area contributed by atoms with E-state index in [1.807, 2.05) is 32.9 Å². The Morgan fingerprint density at radius 3 is 2.50 bits per heavy atom. The van der Waals surface area contributed by atoms with Crippen LogP contribution in [0, 0.1) is 17.0 Å². The molecule has 7 nitrogen and oxygen atoms in total. The van der Waals surface area contributed by atoms with Gasteiger partial charge in [0.2, 0.25) is 5.91 Å². The van der Waals surface area contributed by atoms with E-state index in [4.69, 9.17) is 10.2 Å². The van der Waals surface area contributed by atoms with E-state index in [1.165, 1.54) is 12.1 Å². The standard InChI is InChI=1S/C17H21N3O4/c1-11(2)19(10-15-7-4-12(3)24-15)9-14-6-5-13(17(18)21)8-16(14)20(22)23/h4-8,11H,9-10H2,1-3H3,(H2,18,21). The molecule has 128 valence electrons. The van der Waals surface area contributed by atoms with Gasteiger partial charge in [-0.3, -0.25) is 19.8 Å². The van der Waals surface area contributed by atoms with Gasteiger partial charge in [-0.15, -0.1) is 0 Å². The number of carbonyl (C=O) groups excluding carboxylic acids is 1. The summed E-state index contributed by atoms with van der Waals surface area (Å²) in [5.74, 6) is 0.944. The first-order valence-electron chi connectivity index (χ1n) is 7.64. The van der Waals surface area contributed by atoms with Gasteiger partial charge in [0.1, 0.15) is 11.5 Å². The topological polar surface area (TPSA) is 103 Å². The predicted molar refractivity (Wildman–Crippen MR) is 89.4 cm³/mol. The lowest BCUT2D eigenvalue weighted by Crippen LogP contribution is -2.30. The molecular weight excluding hydrogens is 310 g/mol. The molecule has 0 saturated carbocycles. The third-order valence-corrected chi connectivity index (χ3v) is 3.83. The van der Waals surface area contributed by atoms with Crippen LogP contribution >= 0.6 is 0 Å². The monoisotopic (exact) mass is 331 g/mol. The van der Waals surface area contributed by atoms with Gasteiger partial charge in [-0.05, 0) is 39.0 Å². The summed E-state index contributed by atoms with van der Waals surface area (Å²) in [5.41, 5.74) is 5.76. The third kappa shape index (κ3) is 4.20. The molecule has 0 spiro atoms. The lowest BCUT2D eigenvalue weighted by atomic mass is 10.1.